The van der Waals surface area contributed by atoms with Crippen LogP contribution in [0, 0.1) is 0 Å². The van der Waals surface area contributed by atoms with Crippen LogP contribution in [0.2, 0.25) is 0 Å². The summed E-state index contributed by atoms with van der Waals surface area (Å²) in [7, 11) is 0. The van der Waals surface area contributed by atoms with E-state index >= 15 is 0 Å². The SMILES string of the molecule is CC(C)(CCCc1cccc(Oc2ccccc2)c1)c1ccc(C(=O)OCC(F)(F)F)cc1. The van der Waals surface area contributed by atoms with Gasteiger partial charge in [-0.3, -0.25) is 0 Å². The molecule has 3 nitrogen and oxygen atoms in total. The Morgan fingerprint density at radius 2 is 1.52 bits per heavy atom. The van der Waals surface area contributed by atoms with E-state index in [4.69, 9.17) is 4.74 Å². The Hall–Kier alpha value is -3.28. The van der Waals surface area contributed by atoms with E-state index in [0.29, 0.717) is 0 Å². The number of benzene rings is 3. The molecule has 3 aromatic rings. The van der Waals surface area contributed by atoms with E-state index in [-0.39, 0.29) is 11.0 Å². The van der Waals surface area contributed by atoms with Crippen molar-refractivity contribution in [1.29, 1.82) is 0 Å². The number of halogens is 3. The molecule has 0 atom stereocenters. The molecule has 0 N–H and O–H groups in total. The molecule has 0 saturated heterocycles. The molecule has 0 amide bonds. The highest BCUT2D eigenvalue weighted by molar-refractivity contribution is 5.89. The fourth-order valence-corrected chi connectivity index (χ4v) is 3.56. The Labute approximate surface area is 192 Å². The molecule has 0 aromatic heterocycles. The van der Waals surface area contributed by atoms with Crippen molar-refractivity contribution in [2.45, 2.75) is 44.7 Å². The zero-order valence-corrected chi connectivity index (χ0v) is 18.7. The van der Waals surface area contributed by atoms with Gasteiger partial charge in [0.05, 0.1) is 5.56 Å². The highest BCUT2D eigenvalue weighted by atomic mass is 19.4. The summed E-state index contributed by atoms with van der Waals surface area (Å²) >= 11 is 0. The Morgan fingerprint density at radius 3 is 2.18 bits per heavy atom. The first-order chi connectivity index (χ1) is 15.6. The van der Waals surface area contributed by atoms with Crippen LogP contribution >= 0.6 is 0 Å². The van der Waals surface area contributed by atoms with Gasteiger partial charge in [0, 0.05) is 0 Å². The third-order valence-electron chi connectivity index (χ3n) is 5.41. The largest absolute Gasteiger partial charge is 0.457 e. The number of para-hydroxylation sites is 1. The monoisotopic (exact) mass is 456 g/mol. The molecule has 3 rings (SSSR count). The lowest BCUT2D eigenvalue weighted by Gasteiger charge is -2.25. The summed E-state index contributed by atoms with van der Waals surface area (Å²) in [6.45, 7) is 2.63. The van der Waals surface area contributed by atoms with Gasteiger partial charge >= 0.3 is 12.1 Å². The molecule has 33 heavy (non-hydrogen) atoms. The fraction of sp³-hybridized carbons (Fsp3) is 0.296. The first-order valence-corrected chi connectivity index (χ1v) is 10.8. The number of hydrogen-bond donors (Lipinski definition) is 0. The summed E-state index contributed by atoms with van der Waals surface area (Å²) in [5, 5.41) is 0. The molecular formula is C27H27F3O3. The van der Waals surface area contributed by atoms with Crippen molar-refractivity contribution in [1.82, 2.24) is 0 Å². The fourth-order valence-electron chi connectivity index (χ4n) is 3.56. The van der Waals surface area contributed by atoms with Crippen molar-refractivity contribution >= 4 is 5.97 Å². The zero-order chi connectivity index (χ0) is 23.9. The van der Waals surface area contributed by atoms with Crippen LogP contribution in [0.25, 0.3) is 0 Å². The molecule has 0 aliphatic heterocycles. The molecule has 0 aliphatic rings. The number of aryl methyl sites for hydroxylation is 1. The van der Waals surface area contributed by atoms with E-state index in [2.05, 4.69) is 24.7 Å². The first-order valence-electron chi connectivity index (χ1n) is 10.8. The second-order valence-corrected chi connectivity index (χ2v) is 8.57. The highest BCUT2D eigenvalue weighted by Gasteiger charge is 2.30. The molecule has 0 fully saturated rings. The van der Waals surface area contributed by atoms with Gasteiger partial charge in [0.15, 0.2) is 6.61 Å². The van der Waals surface area contributed by atoms with Gasteiger partial charge in [0.2, 0.25) is 0 Å². The van der Waals surface area contributed by atoms with Gasteiger partial charge < -0.3 is 9.47 Å². The average molecular weight is 457 g/mol. The topological polar surface area (TPSA) is 35.5 Å². The maximum Gasteiger partial charge on any atom is 0.422 e. The van der Waals surface area contributed by atoms with E-state index in [1.54, 1.807) is 12.1 Å². The van der Waals surface area contributed by atoms with Crippen LogP contribution in [0.1, 0.15) is 48.2 Å². The van der Waals surface area contributed by atoms with Crippen LogP contribution in [0.15, 0.2) is 78.9 Å². The van der Waals surface area contributed by atoms with Gasteiger partial charge in [0.25, 0.3) is 0 Å². The Morgan fingerprint density at radius 1 is 0.848 bits per heavy atom. The zero-order valence-electron chi connectivity index (χ0n) is 18.7. The van der Waals surface area contributed by atoms with Gasteiger partial charge in [-0.05, 0) is 72.2 Å². The van der Waals surface area contributed by atoms with Crippen LogP contribution < -0.4 is 4.74 Å². The molecule has 0 aliphatic carbocycles. The molecular weight excluding hydrogens is 429 g/mol. The van der Waals surface area contributed by atoms with E-state index in [0.717, 1.165) is 36.3 Å². The van der Waals surface area contributed by atoms with Crippen molar-refractivity contribution in [3.8, 4) is 11.5 Å². The molecule has 174 valence electrons. The number of carbonyl (C=O) groups excluding carboxylic acids is 1. The minimum absolute atomic E-state index is 0.106. The Kier molecular flexibility index (Phi) is 7.79. The molecule has 0 unspecified atom stereocenters. The normalized spacial score (nSPS) is 11.8. The van der Waals surface area contributed by atoms with Gasteiger partial charge in [0.1, 0.15) is 11.5 Å². The molecule has 0 heterocycles. The number of carbonyl (C=O) groups is 1. The second-order valence-electron chi connectivity index (χ2n) is 8.57. The first kappa shape index (κ1) is 24.4. The molecule has 0 spiro atoms. The van der Waals surface area contributed by atoms with Gasteiger partial charge in [-0.25, -0.2) is 4.79 Å². The summed E-state index contributed by atoms with van der Waals surface area (Å²) in [6.07, 6.45) is -1.81. The smallest absolute Gasteiger partial charge is 0.422 e. The maximum absolute atomic E-state index is 12.2. The van der Waals surface area contributed by atoms with E-state index in [1.807, 2.05) is 48.5 Å². The van der Waals surface area contributed by atoms with Crippen LogP contribution in [0.3, 0.4) is 0 Å². The molecule has 0 radical (unpaired) electrons. The van der Waals surface area contributed by atoms with Gasteiger partial charge in [-0.2, -0.15) is 13.2 Å². The lowest BCUT2D eigenvalue weighted by atomic mass is 9.79. The summed E-state index contributed by atoms with van der Waals surface area (Å²) in [6, 6.07) is 24.2. The van der Waals surface area contributed by atoms with Gasteiger partial charge in [-0.15, -0.1) is 0 Å². The number of hydrogen-bond acceptors (Lipinski definition) is 3. The summed E-state index contributed by atoms with van der Waals surface area (Å²) < 4.78 is 46.9. The van der Waals surface area contributed by atoms with Crippen LogP contribution in [0.4, 0.5) is 13.2 Å². The number of rotatable bonds is 9. The number of alkyl halides is 3. The summed E-state index contributed by atoms with van der Waals surface area (Å²) in [5.74, 6) is 0.613. The molecule has 0 saturated carbocycles. The van der Waals surface area contributed by atoms with Crippen molar-refractivity contribution in [3.63, 3.8) is 0 Å². The minimum Gasteiger partial charge on any atom is -0.457 e. The Balaban J connectivity index is 1.53. The average Bonchev–Trinajstić information content (AvgIpc) is 2.78. The molecule has 6 heteroatoms. The van der Waals surface area contributed by atoms with Crippen LogP contribution in [0.5, 0.6) is 11.5 Å². The van der Waals surface area contributed by atoms with E-state index in [1.165, 1.54) is 17.7 Å². The van der Waals surface area contributed by atoms with Gasteiger partial charge in [-0.1, -0.05) is 56.3 Å². The maximum atomic E-state index is 12.2. The standard InChI is InChI=1S/C27H27F3O3/c1-26(2,22-15-13-21(14-16-22)25(31)32-19-27(28,29)30)17-7-9-20-8-6-12-24(18-20)33-23-10-4-3-5-11-23/h3-6,8,10-16,18H,7,9,17,19H2,1-2H3. The van der Waals surface area contributed by atoms with Crippen LogP contribution in [-0.2, 0) is 16.6 Å². The highest BCUT2D eigenvalue weighted by Crippen LogP contribution is 2.30. The lowest BCUT2D eigenvalue weighted by molar-refractivity contribution is -0.161. The summed E-state index contributed by atoms with van der Waals surface area (Å²) in [5.41, 5.74) is 2.14. The van der Waals surface area contributed by atoms with Crippen molar-refractivity contribution < 1.29 is 27.4 Å². The summed E-state index contributed by atoms with van der Waals surface area (Å²) in [4.78, 5) is 11.8. The third kappa shape index (κ3) is 7.67. The van der Waals surface area contributed by atoms with Crippen molar-refractivity contribution in [3.05, 3.63) is 95.6 Å². The van der Waals surface area contributed by atoms with Crippen molar-refractivity contribution in [2.75, 3.05) is 6.61 Å². The van der Waals surface area contributed by atoms with Crippen molar-refractivity contribution in [2.24, 2.45) is 0 Å². The number of ether oxygens (including phenoxy) is 2. The lowest BCUT2D eigenvalue weighted by Crippen LogP contribution is -2.21. The Bertz CT molecular complexity index is 1040. The third-order valence-corrected chi connectivity index (χ3v) is 5.41. The molecule has 3 aromatic carbocycles. The second kappa shape index (κ2) is 10.6. The molecule has 0 bridgehead atoms. The minimum atomic E-state index is -4.54. The number of esters is 1. The van der Waals surface area contributed by atoms with E-state index < -0.39 is 18.8 Å². The van der Waals surface area contributed by atoms with E-state index in [9.17, 15) is 18.0 Å². The quantitative estimate of drug-likeness (QED) is 0.313. The van der Waals surface area contributed by atoms with Crippen LogP contribution in [-0.4, -0.2) is 18.8 Å². The predicted molar refractivity (Wildman–Crippen MR) is 122 cm³/mol. The predicted octanol–water partition coefficient (Wildman–Crippen LogP) is 7.50.